The van der Waals surface area contributed by atoms with Gasteiger partial charge in [0.25, 0.3) is 5.91 Å². The second-order valence-electron chi connectivity index (χ2n) is 6.21. The monoisotopic (exact) mass is 415 g/mol. The van der Waals surface area contributed by atoms with E-state index in [9.17, 15) is 14.7 Å². The number of nitrogens with one attached hydrogen (secondary N) is 2. The average Bonchev–Trinajstić information content (AvgIpc) is 3.32. The van der Waals surface area contributed by atoms with E-state index in [1.54, 1.807) is 38.2 Å². The molecule has 0 fully saturated rings. The highest BCUT2D eigenvalue weighted by Gasteiger charge is 2.15. The summed E-state index contributed by atoms with van der Waals surface area (Å²) in [5, 5.41) is 20.4. The van der Waals surface area contributed by atoms with Crippen LogP contribution in [0.25, 0.3) is 0 Å². The summed E-state index contributed by atoms with van der Waals surface area (Å²) in [4.78, 5) is 28.7. The third kappa shape index (κ3) is 4.91. The molecule has 3 aromatic rings. The number of hydrogen-bond donors (Lipinski definition) is 3. The van der Waals surface area contributed by atoms with Crippen LogP contribution in [0.2, 0.25) is 0 Å². The largest absolute Gasteiger partial charge is 0.508 e. The molecule has 9 nitrogen and oxygen atoms in total. The number of carbonyl (C=O) groups excluding carboxylic acids is 2. The van der Waals surface area contributed by atoms with Gasteiger partial charge < -0.3 is 20.5 Å². The summed E-state index contributed by atoms with van der Waals surface area (Å²) in [7, 11) is 0. The highest BCUT2D eigenvalue weighted by atomic mass is 32.1. The Bertz CT molecular complexity index is 1040. The fourth-order valence-corrected chi connectivity index (χ4v) is 3.32. The first-order valence-corrected chi connectivity index (χ1v) is 9.71. The molecule has 0 saturated heterocycles. The minimum absolute atomic E-state index is 0.0175. The van der Waals surface area contributed by atoms with Gasteiger partial charge in [0.1, 0.15) is 17.2 Å². The fourth-order valence-electron chi connectivity index (χ4n) is 2.61. The van der Waals surface area contributed by atoms with Gasteiger partial charge in [0, 0.05) is 17.8 Å². The highest BCUT2D eigenvalue weighted by Crippen LogP contribution is 2.29. The summed E-state index contributed by atoms with van der Waals surface area (Å²) in [5.41, 5.74) is 2.03. The Kier molecular flexibility index (Phi) is 6.13. The molecule has 1 amide bonds. The van der Waals surface area contributed by atoms with E-state index in [0.29, 0.717) is 33.7 Å². The first-order valence-electron chi connectivity index (χ1n) is 8.89. The molecular formula is C19H21N5O4S. The van der Waals surface area contributed by atoms with Crippen molar-refractivity contribution in [3.63, 3.8) is 0 Å². The van der Waals surface area contributed by atoms with Crippen LogP contribution in [0.3, 0.4) is 0 Å². The van der Waals surface area contributed by atoms with E-state index in [0.717, 1.165) is 16.9 Å². The molecule has 3 rings (SSSR count). The lowest BCUT2D eigenvalue weighted by atomic mass is 10.1. The Morgan fingerprint density at radius 1 is 1.28 bits per heavy atom. The standard InChI is InChI=1S/C19H21N5O4S/c1-4-28-16(26)10-24-8-7-15(23-24)21-19-20-9-14(29-19)18(27)22-17-11(2)5-6-13(25)12(17)3/h5-9,25H,4,10H2,1-3H3,(H,22,27)(H,20,21,23). The number of carbonyl (C=O) groups is 2. The molecule has 29 heavy (non-hydrogen) atoms. The zero-order chi connectivity index (χ0) is 21.0. The molecule has 3 N–H and O–H groups in total. The van der Waals surface area contributed by atoms with Gasteiger partial charge in [-0.2, -0.15) is 5.10 Å². The number of phenolic OH excluding ortho intramolecular Hbond substituents is 1. The Morgan fingerprint density at radius 3 is 2.83 bits per heavy atom. The first kappa shape index (κ1) is 20.3. The number of anilines is 3. The van der Waals surface area contributed by atoms with Crippen molar-refractivity contribution in [1.82, 2.24) is 14.8 Å². The number of nitrogens with zero attached hydrogens (tertiary/aromatic N) is 3. The number of ether oxygens (including phenoxy) is 1. The Hall–Kier alpha value is -3.40. The van der Waals surface area contributed by atoms with Gasteiger partial charge >= 0.3 is 5.97 Å². The zero-order valence-electron chi connectivity index (χ0n) is 16.2. The summed E-state index contributed by atoms with van der Waals surface area (Å²) in [6, 6.07) is 5.03. The normalized spacial score (nSPS) is 10.6. The van der Waals surface area contributed by atoms with Gasteiger partial charge in [-0.05, 0) is 32.4 Å². The predicted molar refractivity (Wildman–Crippen MR) is 110 cm³/mol. The van der Waals surface area contributed by atoms with E-state index in [1.165, 1.54) is 10.9 Å². The smallest absolute Gasteiger partial charge is 0.327 e. The maximum absolute atomic E-state index is 12.6. The number of phenols is 1. The molecular weight excluding hydrogens is 394 g/mol. The SMILES string of the molecule is CCOC(=O)Cn1ccc(Nc2ncc(C(=O)Nc3c(C)ccc(O)c3C)s2)n1. The predicted octanol–water partition coefficient (Wildman–Crippen LogP) is 3.22. The Morgan fingerprint density at radius 2 is 2.07 bits per heavy atom. The van der Waals surface area contributed by atoms with E-state index >= 15 is 0 Å². The van der Waals surface area contributed by atoms with Crippen LogP contribution in [0.4, 0.5) is 16.6 Å². The first-order chi connectivity index (χ1) is 13.9. The van der Waals surface area contributed by atoms with Crippen LogP contribution in [0.5, 0.6) is 5.75 Å². The van der Waals surface area contributed by atoms with Crippen LogP contribution < -0.4 is 10.6 Å². The van der Waals surface area contributed by atoms with Crippen LogP contribution in [0.15, 0.2) is 30.6 Å². The van der Waals surface area contributed by atoms with E-state index < -0.39 is 0 Å². The molecule has 2 aromatic heterocycles. The van der Waals surface area contributed by atoms with Gasteiger partial charge in [0.05, 0.1) is 18.5 Å². The van der Waals surface area contributed by atoms with Crippen molar-refractivity contribution in [1.29, 1.82) is 0 Å². The van der Waals surface area contributed by atoms with E-state index in [1.807, 2.05) is 6.92 Å². The number of aromatic nitrogens is 3. The van der Waals surface area contributed by atoms with Gasteiger partial charge in [0.2, 0.25) is 0 Å². The molecule has 0 bridgehead atoms. The number of rotatable bonds is 7. The van der Waals surface area contributed by atoms with Crippen LogP contribution in [0, 0.1) is 13.8 Å². The molecule has 1 aromatic carbocycles. The number of aromatic hydroxyl groups is 1. The summed E-state index contributed by atoms with van der Waals surface area (Å²) in [5.74, 6) is -0.0701. The van der Waals surface area contributed by atoms with Gasteiger partial charge in [-0.15, -0.1) is 0 Å². The second kappa shape index (κ2) is 8.74. The van der Waals surface area contributed by atoms with Gasteiger partial charge in [-0.3, -0.25) is 14.3 Å². The number of esters is 1. The average molecular weight is 415 g/mol. The molecule has 152 valence electrons. The second-order valence-corrected chi connectivity index (χ2v) is 7.24. The summed E-state index contributed by atoms with van der Waals surface area (Å²) in [6.07, 6.45) is 3.11. The highest BCUT2D eigenvalue weighted by molar-refractivity contribution is 7.17. The van der Waals surface area contributed by atoms with Crippen LogP contribution in [-0.4, -0.2) is 38.4 Å². The fraction of sp³-hybridized carbons (Fsp3) is 0.263. The van der Waals surface area contributed by atoms with Crippen LogP contribution in [0.1, 0.15) is 27.7 Å². The maximum atomic E-state index is 12.6. The van der Waals surface area contributed by atoms with Crippen molar-refractivity contribution in [2.45, 2.75) is 27.3 Å². The van der Waals surface area contributed by atoms with Crippen molar-refractivity contribution in [3.8, 4) is 5.75 Å². The topological polar surface area (TPSA) is 118 Å². The number of hydrogen-bond acceptors (Lipinski definition) is 8. The summed E-state index contributed by atoms with van der Waals surface area (Å²) >= 11 is 1.16. The number of thiazole rings is 1. The van der Waals surface area contributed by atoms with Crippen molar-refractivity contribution in [2.24, 2.45) is 0 Å². The minimum Gasteiger partial charge on any atom is -0.508 e. The molecule has 2 heterocycles. The lowest BCUT2D eigenvalue weighted by Crippen LogP contribution is -2.13. The van der Waals surface area contributed by atoms with Gasteiger partial charge in [-0.25, -0.2) is 4.98 Å². The van der Waals surface area contributed by atoms with Gasteiger partial charge in [0.15, 0.2) is 10.9 Å². The molecule has 0 radical (unpaired) electrons. The quantitative estimate of drug-likeness (QED) is 0.507. The van der Waals surface area contributed by atoms with Gasteiger partial charge in [-0.1, -0.05) is 17.4 Å². The number of aryl methyl sites for hydroxylation is 1. The third-order valence-corrected chi connectivity index (χ3v) is 5.00. The van der Waals surface area contributed by atoms with E-state index in [4.69, 9.17) is 4.74 Å². The lowest BCUT2D eigenvalue weighted by Gasteiger charge is -2.11. The summed E-state index contributed by atoms with van der Waals surface area (Å²) < 4.78 is 6.34. The van der Waals surface area contributed by atoms with Crippen LogP contribution in [-0.2, 0) is 16.1 Å². The molecule has 0 aliphatic heterocycles. The molecule has 0 saturated carbocycles. The number of amides is 1. The molecule has 0 atom stereocenters. The molecule has 0 aliphatic carbocycles. The van der Waals surface area contributed by atoms with Crippen molar-refractivity contribution >= 4 is 39.9 Å². The molecule has 0 aliphatic rings. The van der Waals surface area contributed by atoms with Crippen molar-refractivity contribution in [3.05, 3.63) is 46.6 Å². The maximum Gasteiger partial charge on any atom is 0.327 e. The van der Waals surface area contributed by atoms with E-state index in [-0.39, 0.29) is 24.2 Å². The lowest BCUT2D eigenvalue weighted by molar-refractivity contribution is -0.144. The number of benzene rings is 1. The Balaban J connectivity index is 1.65. The van der Waals surface area contributed by atoms with Crippen LogP contribution >= 0.6 is 11.3 Å². The summed E-state index contributed by atoms with van der Waals surface area (Å²) in [6.45, 7) is 5.67. The molecule has 10 heteroatoms. The van der Waals surface area contributed by atoms with Crippen molar-refractivity contribution < 1.29 is 19.4 Å². The minimum atomic E-state index is -0.368. The van der Waals surface area contributed by atoms with E-state index in [2.05, 4.69) is 20.7 Å². The third-order valence-electron chi connectivity index (χ3n) is 4.08. The Labute approximate surface area is 171 Å². The van der Waals surface area contributed by atoms with Crippen molar-refractivity contribution in [2.75, 3.05) is 17.2 Å². The molecule has 0 unspecified atom stereocenters. The zero-order valence-corrected chi connectivity index (χ0v) is 17.0. The molecule has 0 spiro atoms.